The van der Waals surface area contributed by atoms with Gasteiger partial charge in [-0.3, -0.25) is 0 Å². The summed E-state index contributed by atoms with van der Waals surface area (Å²) < 4.78 is 10.5. The maximum Gasteiger partial charge on any atom is 0.221 e. The molecule has 6 nitrogen and oxygen atoms in total. The molecule has 0 amide bonds. The third-order valence-corrected chi connectivity index (χ3v) is 2.79. The average molecular weight is 260 g/mol. The zero-order chi connectivity index (χ0) is 13.8. The van der Waals surface area contributed by atoms with Crippen molar-refractivity contribution in [3.63, 3.8) is 0 Å². The summed E-state index contributed by atoms with van der Waals surface area (Å²) in [5.41, 5.74) is 13.1. The molecule has 1 aromatic heterocycles. The number of hydrogen-bond acceptors (Lipinski definition) is 6. The predicted molar refractivity (Wildman–Crippen MR) is 73.2 cm³/mol. The van der Waals surface area contributed by atoms with Crippen LogP contribution in [0.1, 0.15) is 11.1 Å². The van der Waals surface area contributed by atoms with Gasteiger partial charge >= 0.3 is 0 Å². The minimum Gasteiger partial charge on any atom is -0.497 e. The number of nitrogen functional groups attached to an aromatic ring is 2. The molecule has 0 radical (unpaired) electrons. The average Bonchev–Trinajstić information content (AvgIpc) is 2.42. The molecule has 1 aromatic carbocycles. The normalized spacial score (nSPS) is 10.2. The van der Waals surface area contributed by atoms with Gasteiger partial charge in [0.15, 0.2) is 0 Å². The molecule has 0 fully saturated rings. The van der Waals surface area contributed by atoms with Crippen LogP contribution in [0.15, 0.2) is 24.4 Å². The Morgan fingerprint density at radius 3 is 2.53 bits per heavy atom. The van der Waals surface area contributed by atoms with Crippen LogP contribution in [0.5, 0.6) is 11.5 Å². The van der Waals surface area contributed by atoms with Gasteiger partial charge in [0.1, 0.15) is 17.3 Å². The molecule has 100 valence electrons. The number of rotatable bonds is 4. The van der Waals surface area contributed by atoms with Crippen molar-refractivity contribution in [3.05, 3.63) is 35.5 Å². The Kier molecular flexibility index (Phi) is 3.70. The quantitative estimate of drug-likeness (QED) is 0.858. The fourth-order valence-electron chi connectivity index (χ4n) is 1.77. The summed E-state index contributed by atoms with van der Waals surface area (Å²) in [4.78, 5) is 7.88. The molecule has 19 heavy (non-hydrogen) atoms. The lowest BCUT2D eigenvalue weighted by Gasteiger charge is -2.11. The van der Waals surface area contributed by atoms with Gasteiger partial charge in [-0.2, -0.15) is 4.98 Å². The zero-order valence-electron chi connectivity index (χ0n) is 10.9. The van der Waals surface area contributed by atoms with Crippen LogP contribution in [0.2, 0.25) is 0 Å². The summed E-state index contributed by atoms with van der Waals surface area (Å²) in [6.07, 6.45) is 2.20. The van der Waals surface area contributed by atoms with E-state index in [0.717, 1.165) is 22.6 Å². The lowest BCUT2D eigenvalue weighted by atomic mass is 10.1. The predicted octanol–water partition coefficient (Wildman–Crippen LogP) is 1.25. The zero-order valence-corrected chi connectivity index (χ0v) is 10.9. The first-order valence-corrected chi connectivity index (χ1v) is 5.71. The molecule has 0 aliphatic heterocycles. The molecule has 4 N–H and O–H groups in total. The summed E-state index contributed by atoms with van der Waals surface area (Å²) >= 11 is 0. The largest absolute Gasteiger partial charge is 0.497 e. The summed E-state index contributed by atoms with van der Waals surface area (Å²) in [5, 5.41) is 0. The van der Waals surface area contributed by atoms with Gasteiger partial charge in [0, 0.05) is 24.2 Å². The Morgan fingerprint density at radius 1 is 1.11 bits per heavy atom. The maximum absolute atomic E-state index is 5.82. The Balaban J connectivity index is 2.32. The first kappa shape index (κ1) is 12.9. The van der Waals surface area contributed by atoms with E-state index in [0.29, 0.717) is 12.2 Å². The van der Waals surface area contributed by atoms with Crippen molar-refractivity contribution >= 4 is 11.8 Å². The molecule has 2 aromatic rings. The van der Waals surface area contributed by atoms with E-state index in [4.69, 9.17) is 20.9 Å². The van der Waals surface area contributed by atoms with E-state index in [1.54, 1.807) is 20.4 Å². The molecule has 0 bridgehead atoms. The first-order chi connectivity index (χ1) is 9.13. The number of hydrogen-bond donors (Lipinski definition) is 2. The molecule has 0 unspecified atom stereocenters. The molecule has 0 aliphatic carbocycles. The second kappa shape index (κ2) is 5.43. The molecular formula is C13H16N4O2. The van der Waals surface area contributed by atoms with Crippen molar-refractivity contribution in [2.75, 3.05) is 25.7 Å². The molecule has 6 heteroatoms. The highest BCUT2D eigenvalue weighted by Gasteiger charge is 2.09. The minimum absolute atomic E-state index is 0.169. The number of aromatic nitrogens is 2. The summed E-state index contributed by atoms with van der Waals surface area (Å²) in [5.74, 6) is 2.02. The van der Waals surface area contributed by atoms with Crippen LogP contribution in [-0.4, -0.2) is 24.2 Å². The fraction of sp³-hybridized carbons (Fsp3) is 0.231. The summed E-state index contributed by atoms with van der Waals surface area (Å²) in [7, 11) is 3.22. The number of nitrogens with two attached hydrogens (primary N) is 2. The maximum atomic E-state index is 5.82. The van der Waals surface area contributed by atoms with Gasteiger partial charge in [-0.1, -0.05) is 6.07 Å². The van der Waals surface area contributed by atoms with Gasteiger partial charge in [-0.15, -0.1) is 0 Å². The van der Waals surface area contributed by atoms with E-state index in [9.17, 15) is 0 Å². The summed E-state index contributed by atoms with van der Waals surface area (Å²) in [6, 6.07) is 5.61. The van der Waals surface area contributed by atoms with Crippen LogP contribution < -0.4 is 20.9 Å². The number of anilines is 2. The first-order valence-electron chi connectivity index (χ1n) is 5.71. The topological polar surface area (TPSA) is 96.3 Å². The van der Waals surface area contributed by atoms with Crippen molar-refractivity contribution in [2.45, 2.75) is 6.42 Å². The van der Waals surface area contributed by atoms with E-state index >= 15 is 0 Å². The van der Waals surface area contributed by atoms with Crippen LogP contribution in [0.25, 0.3) is 0 Å². The Hall–Kier alpha value is -2.50. The lowest BCUT2D eigenvalue weighted by Crippen LogP contribution is -2.04. The van der Waals surface area contributed by atoms with Gasteiger partial charge in [0.05, 0.1) is 14.2 Å². The number of benzene rings is 1. The van der Waals surface area contributed by atoms with Crippen LogP contribution in [0.4, 0.5) is 11.8 Å². The number of methoxy groups -OCH3 is 2. The van der Waals surface area contributed by atoms with Crippen molar-refractivity contribution in [1.82, 2.24) is 9.97 Å². The minimum atomic E-state index is 0.169. The van der Waals surface area contributed by atoms with Gasteiger partial charge in [-0.25, -0.2) is 4.98 Å². The standard InChI is InChI=1S/C13H16N4O2/c1-18-10-4-3-8(11(6-10)19-2)5-9-7-16-13(15)17-12(9)14/h3-4,6-7H,5H2,1-2H3,(H4,14,15,16,17). The van der Waals surface area contributed by atoms with Gasteiger partial charge < -0.3 is 20.9 Å². The van der Waals surface area contributed by atoms with E-state index in [1.165, 1.54) is 0 Å². The molecule has 0 atom stereocenters. The SMILES string of the molecule is COc1ccc(Cc2cnc(N)nc2N)c(OC)c1. The van der Waals surface area contributed by atoms with Crippen LogP contribution >= 0.6 is 0 Å². The Morgan fingerprint density at radius 2 is 1.89 bits per heavy atom. The summed E-state index contributed by atoms with van der Waals surface area (Å²) in [6.45, 7) is 0. The molecule has 1 heterocycles. The molecule has 0 spiro atoms. The second-order valence-corrected chi connectivity index (χ2v) is 3.99. The highest BCUT2D eigenvalue weighted by Crippen LogP contribution is 2.27. The molecule has 0 saturated carbocycles. The van der Waals surface area contributed by atoms with E-state index in [-0.39, 0.29) is 5.95 Å². The van der Waals surface area contributed by atoms with Crippen LogP contribution in [-0.2, 0) is 6.42 Å². The number of ether oxygens (including phenoxy) is 2. The van der Waals surface area contributed by atoms with Crippen LogP contribution in [0.3, 0.4) is 0 Å². The Labute approximate surface area is 111 Å². The van der Waals surface area contributed by atoms with Gasteiger partial charge in [0.2, 0.25) is 5.95 Å². The van der Waals surface area contributed by atoms with Crippen molar-refractivity contribution in [2.24, 2.45) is 0 Å². The third kappa shape index (κ3) is 2.85. The second-order valence-electron chi connectivity index (χ2n) is 3.99. The molecule has 0 saturated heterocycles. The number of nitrogens with zero attached hydrogens (tertiary/aromatic N) is 2. The monoisotopic (exact) mass is 260 g/mol. The highest BCUT2D eigenvalue weighted by molar-refractivity contribution is 5.48. The van der Waals surface area contributed by atoms with Crippen molar-refractivity contribution in [1.29, 1.82) is 0 Å². The van der Waals surface area contributed by atoms with Crippen molar-refractivity contribution < 1.29 is 9.47 Å². The Bertz CT molecular complexity index is 587. The van der Waals surface area contributed by atoms with E-state index < -0.39 is 0 Å². The van der Waals surface area contributed by atoms with Gasteiger partial charge in [0.25, 0.3) is 0 Å². The molecule has 2 rings (SSSR count). The third-order valence-electron chi connectivity index (χ3n) is 2.79. The smallest absolute Gasteiger partial charge is 0.221 e. The fourth-order valence-corrected chi connectivity index (χ4v) is 1.77. The van der Waals surface area contributed by atoms with Crippen molar-refractivity contribution in [3.8, 4) is 11.5 Å². The van der Waals surface area contributed by atoms with Gasteiger partial charge in [-0.05, 0) is 11.6 Å². The lowest BCUT2D eigenvalue weighted by molar-refractivity contribution is 0.391. The van der Waals surface area contributed by atoms with Crippen LogP contribution in [0, 0.1) is 0 Å². The molecular weight excluding hydrogens is 244 g/mol. The molecule has 0 aliphatic rings. The van der Waals surface area contributed by atoms with E-state index in [2.05, 4.69) is 9.97 Å². The van der Waals surface area contributed by atoms with E-state index in [1.807, 2.05) is 18.2 Å². The highest BCUT2D eigenvalue weighted by atomic mass is 16.5.